The lowest BCUT2D eigenvalue weighted by molar-refractivity contribution is -0.154. The van der Waals surface area contributed by atoms with Crippen molar-refractivity contribution < 1.29 is 22.3 Å². The molecule has 0 aliphatic carbocycles. The van der Waals surface area contributed by atoms with Gasteiger partial charge in [0.15, 0.2) is 6.61 Å². The first-order chi connectivity index (χ1) is 16.2. The number of furan rings is 1. The Kier molecular flexibility index (Phi) is 6.66. The maximum atomic E-state index is 12.6. The Bertz CT molecular complexity index is 1250. The molecule has 0 radical (unpaired) electrons. The number of nitrogens with zero attached hydrogens (tertiary/aromatic N) is 5. The van der Waals surface area contributed by atoms with Gasteiger partial charge in [-0.25, -0.2) is 4.98 Å². The highest BCUT2D eigenvalue weighted by Gasteiger charge is 2.29. The smallest absolute Gasteiger partial charge is 0.422 e. The fraction of sp³-hybridized carbons (Fsp3) is 0.273. The zero-order valence-electron chi connectivity index (χ0n) is 18.4. The average molecular weight is 473 g/mol. The number of rotatable bonds is 9. The Morgan fingerprint density at radius 3 is 2.59 bits per heavy atom. The number of ether oxygens (including phenoxy) is 1. The molecule has 0 bridgehead atoms. The molecule has 4 rings (SSSR count). The second kappa shape index (κ2) is 9.81. The van der Waals surface area contributed by atoms with Crippen LogP contribution >= 0.6 is 0 Å². The van der Waals surface area contributed by atoms with Crippen LogP contribution in [0.25, 0.3) is 0 Å². The first-order valence-electron chi connectivity index (χ1n) is 10.3. The predicted octanol–water partition coefficient (Wildman–Crippen LogP) is 4.62. The average Bonchev–Trinajstić information content (AvgIpc) is 3.38. The minimum Gasteiger partial charge on any atom is -0.465 e. The van der Waals surface area contributed by atoms with Crippen molar-refractivity contribution in [2.45, 2.75) is 33.1 Å². The Morgan fingerprint density at radius 2 is 1.88 bits per heavy atom. The highest BCUT2D eigenvalue weighted by Crippen LogP contribution is 2.21. The molecular weight excluding hydrogens is 451 g/mol. The summed E-state index contributed by atoms with van der Waals surface area (Å²) in [5, 5.41) is 5.92. The lowest BCUT2D eigenvalue weighted by Crippen LogP contribution is -2.21. The number of imidazole rings is 1. The van der Waals surface area contributed by atoms with Crippen LogP contribution in [-0.4, -0.2) is 37.3 Å². The molecular formula is C22H22F3N7O2. The minimum atomic E-state index is -4.53. The van der Waals surface area contributed by atoms with E-state index in [1.54, 1.807) is 31.3 Å². The molecule has 0 aliphatic rings. The summed E-state index contributed by atoms with van der Waals surface area (Å²) in [6.45, 7) is 3.03. The molecule has 0 unspecified atom stereocenters. The number of nitrogens with one attached hydrogen (secondary N) is 2. The van der Waals surface area contributed by atoms with Crippen molar-refractivity contribution in [3.05, 3.63) is 71.7 Å². The normalized spacial score (nSPS) is 11.4. The maximum Gasteiger partial charge on any atom is 0.422 e. The van der Waals surface area contributed by atoms with Crippen LogP contribution in [-0.2, 0) is 13.1 Å². The summed E-state index contributed by atoms with van der Waals surface area (Å²) in [5.41, 5.74) is 1.64. The Hall–Kier alpha value is -4.09. The number of aryl methyl sites for hydroxylation is 2. The summed E-state index contributed by atoms with van der Waals surface area (Å²) < 4.78 is 50.2. The van der Waals surface area contributed by atoms with E-state index >= 15 is 0 Å². The highest BCUT2D eigenvalue weighted by molar-refractivity contribution is 5.55. The largest absolute Gasteiger partial charge is 0.465 e. The molecule has 3 aromatic heterocycles. The summed E-state index contributed by atoms with van der Waals surface area (Å²) in [6, 6.07) is 10.6. The van der Waals surface area contributed by atoms with Gasteiger partial charge in [-0.1, -0.05) is 12.1 Å². The number of halogens is 3. The zero-order valence-corrected chi connectivity index (χ0v) is 18.4. The molecule has 0 aliphatic heterocycles. The molecule has 178 valence electrons. The van der Waals surface area contributed by atoms with Gasteiger partial charge in [0.25, 0.3) is 0 Å². The van der Waals surface area contributed by atoms with Crippen molar-refractivity contribution in [2.75, 3.05) is 17.2 Å². The van der Waals surface area contributed by atoms with Crippen LogP contribution in [0.4, 0.5) is 30.8 Å². The molecule has 0 saturated carbocycles. The number of alkyl halides is 3. The minimum absolute atomic E-state index is 0.0289. The van der Waals surface area contributed by atoms with Gasteiger partial charge in [-0.2, -0.15) is 28.1 Å². The molecule has 0 spiro atoms. The van der Waals surface area contributed by atoms with E-state index in [0.717, 1.165) is 17.1 Å². The monoisotopic (exact) mass is 473 g/mol. The molecule has 0 saturated heterocycles. The van der Waals surface area contributed by atoms with Gasteiger partial charge in [0.05, 0.1) is 6.54 Å². The van der Waals surface area contributed by atoms with Crippen molar-refractivity contribution >= 4 is 17.6 Å². The number of aromatic nitrogens is 5. The number of anilines is 3. The van der Waals surface area contributed by atoms with Crippen LogP contribution in [0.3, 0.4) is 0 Å². The van der Waals surface area contributed by atoms with E-state index in [-0.39, 0.29) is 18.4 Å². The molecule has 4 aromatic rings. The van der Waals surface area contributed by atoms with E-state index < -0.39 is 18.8 Å². The van der Waals surface area contributed by atoms with Crippen LogP contribution in [0.5, 0.6) is 6.01 Å². The quantitative estimate of drug-likeness (QED) is 0.363. The maximum absolute atomic E-state index is 12.6. The Balaban J connectivity index is 1.53. The Morgan fingerprint density at radius 1 is 1.06 bits per heavy atom. The molecule has 1 aromatic carbocycles. The number of hydrogen-bond donors (Lipinski definition) is 2. The van der Waals surface area contributed by atoms with Crippen LogP contribution in [0.2, 0.25) is 0 Å². The number of hydrogen-bond acceptors (Lipinski definition) is 8. The topological polar surface area (TPSA) is 103 Å². The molecule has 3 heterocycles. The lowest BCUT2D eigenvalue weighted by atomic mass is 10.2. The fourth-order valence-electron chi connectivity index (χ4n) is 3.09. The third-order valence-corrected chi connectivity index (χ3v) is 4.66. The second-order valence-electron chi connectivity index (χ2n) is 7.46. The summed E-state index contributed by atoms with van der Waals surface area (Å²) in [6.07, 6.45) is -0.924. The molecule has 0 amide bonds. The zero-order chi connectivity index (χ0) is 24.1. The van der Waals surface area contributed by atoms with Crippen LogP contribution < -0.4 is 15.4 Å². The van der Waals surface area contributed by atoms with E-state index in [2.05, 4.69) is 30.6 Å². The molecule has 9 nitrogen and oxygen atoms in total. The molecule has 0 atom stereocenters. The van der Waals surface area contributed by atoms with E-state index in [4.69, 9.17) is 9.15 Å². The van der Waals surface area contributed by atoms with Crippen molar-refractivity contribution in [3.8, 4) is 6.01 Å². The van der Waals surface area contributed by atoms with E-state index in [0.29, 0.717) is 18.0 Å². The van der Waals surface area contributed by atoms with Gasteiger partial charge < -0.3 is 24.4 Å². The van der Waals surface area contributed by atoms with Crippen LogP contribution in [0.15, 0.2) is 53.2 Å². The summed E-state index contributed by atoms with van der Waals surface area (Å²) in [4.78, 5) is 16.4. The van der Waals surface area contributed by atoms with Crippen LogP contribution in [0.1, 0.15) is 22.9 Å². The highest BCUT2D eigenvalue weighted by atomic mass is 19.4. The van der Waals surface area contributed by atoms with E-state index in [1.165, 1.54) is 0 Å². The first-order valence-corrected chi connectivity index (χ1v) is 10.3. The van der Waals surface area contributed by atoms with Gasteiger partial charge in [0.2, 0.25) is 11.9 Å². The third kappa shape index (κ3) is 6.47. The van der Waals surface area contributed by atoms with Crippen LogP contribution in [0, 0.1) is 13.8 Å². The second-order valence-corrected chi connectivity index (χ2v) is 7.46. The summed E-state index contributed by atoms with van der Waals surface area (Å²) in [7, 11) is 0. The SMILES string of the molecule is Cc1ccc(CNc2nc(Nc3cccc(Cn4ccnc4C)c3)nc(OCC(F)(F)F)n2)o1. The summed E-state index contributed by atoms with van der Waals surface area (Å²) in [5.74, 6) is 2.29. The molecule has 0 fully saturated rings. The number of benzene rings is 1. The third-order valence-electron chi connectivity index (χ3n) is 4.66. The predicted molar refractivity (Wildman–Crippen MR) is 118 cm³/mol. The van der Waals surface area contributed by atoms with Gasteiger partial charge >= 0.3 is 12.2 Å². The molecule has 34 heavy (non-hydrogen) atoms. The first kappa shape index (κ1) is 23.1. The van der Waals surface area contributed by atoms with Gasteiger partial charge in [-0.3, -0.25) is 0 Å². The van der Waals surface area contributed by atoms with Crippen molar-refractivity contribution in [1.29, 1.82) is 0 Å². The van der Waals surface area contributed by atoms with Gasteiger partial charge in [-0.05, 0) is 43.7 Å². The lowest BCUT2D eigenvalue weighted by Gasteiger charge is -2.12. The van der Waals surface area contributed by atoms with Gasteiger partial charge in [-0.15, -0.1) is 0 Å². The molecule has 12 heteroatoms. The van der Waals surface area contributed by atoms with Gasteiger partial charge in [0, 0.05) is 24.6 Å². The Labute approximate surface area is 193 Å². The van der Waals surface area contributed by atoms with Crippen molar-refractivity contribution in [1.82, 2.24) is 24.5 Å². The molecule has 2 N–H and O–H groups in total. The summed E-state index contributed by atoms with van der Waals surface area (Å²) >= 11 is 0. The standard InChI is InChI=1S/C22H22F3N7O2/c1-14-6-7-18(34-14)11-27-19-29-20(31-21(30-19)33-13-22(23,24)25)28-17-5-3-4-16(10-17)12-32-9-8-26-15(32)2/h3-10H,11-13H2,1-2H3,(H2,27,28,29,30,31). The van der Waals surface area contributed by atoms with Crippen molar-refractivity contribution in [2.24, 2.45) is 0 Å². The van der Waals surface area contributed by atoms with E-state index in [9.17, 15) is 13.2 Å². The van der Waals surface area contributed by atoms with Crippen molar-refractivity contribution in [3.63, 3.8) is 0 Å². The van der Waals surface area contributed by atoms with E-state index in [1.807, 2.05) is 35.9 Å². The fourth-order valence-corrected chi connectivity index (χ4v) is 3.09. The van der Waals surface area contributed by atoms with Gasteiger partial charge in [0.1, 0.15) is 17.3 Å².